The van der Waals surface area contributed by atoms with Gasteiger partial charge in [0.15, 0.2) is 0 Å². The molecule has 19 heavy (non-hydrogen) atoms. The average Bonchev–Trinajstić information content (AvgIpc) is 2.35. The molecule has 0 unspecified atom stereocenters. The maximum Gasteiger partial charge on any atom is 0.246 e. The molecule has 0 fully saturated rings. The summed E-state index contributed by atoms with van der Waals surface area (Å²) in [6.07, 6.45) is 3.57. The van der Waals surface area contributed by atoms with E-state index in [4.69, 9.17) is 0 Å². The Hall–Kier alpha value is -1.57. The Morgan fingerprint density at radius 1 is 1.05 bits per heavy atom. The Balaban J connectivity index is 2.68. The third-order valence-electron chi connectivity index (χ3n) is 2.70. The van der Waals surface area contributed by atoms with Crippen molar-refractivity contribution in [3.63, 3.8) is 0 Å². The minimum atomic E-state index is 0.103. The molecule has 104 valence electrons. The maximum absolute atomic E-state index is 12.2. The van der Waals surface area contributed by atoms with E-state index in [1.54, 1.807) is 6.08 Å². The molecule has 0 aromatic heterocycles. The SMILES string of the molecule is CC(C)CN(CC(C)C)C(=O)/C=C/c1ccccc1. The molecule has 0 radical (unpaired) electrons. The van der Waals surface area contributed by atoms with E-state index in [0.717, 1.165) is 18.7 Å². The van der Waals surface area contributed by atoms with Gasteiger partial charge in [0.25, 0.3) is 0 Å². The average molecular weight is 259 g/mol. The van der Waals surface area contributed by atoms with Gasteiger partial charge in [-0.1, -0.05) is 58.0 Å². The lowest BCUT2D eigenvalue weighted by atomic mass is 10.1. The Kier molecular flexibility index (Phi) is 6.34. The Morgan fingerprint density at radius 3 is 2.05 bits per heavy atom. The lowest BCUT2D eigenvalue weighted by molar-refractivity contribution is -0.127. The summed E-state index contributed by atoms with van der Waals surface area (Å²) in [7, 11) is 0. The van der Waals surface area contributed by atoms with Crippen LogP contribution in [0.3, 0.4) is 0 Å². The summed E-state index contributed by atoms with van der Waals surface area (Å²) in [5.74, 6) is 1.09. The molecule has 1 aromatic carbocycles. The third kappa shape index (κ3) is 6.23. The van der Waals surface area contributed by atoms with Crippen LogP contribution in [-0.4, -0.2) is 23.9 Å². The van der Waals surface area contributed by atoms with E-state index in [2.05, 4.69) is 27.7 Å². The van der Waals surface area contributed by atoms with Crippen LogP contribution in [0.5, 0.6) is 0 Å². The molecule has 0 aliphatic carbocycles. The predicted octanol–water partition coefficient (Wildman–Crippen LogP) is 3.84. The zero-order chi connectivity index (χ0) is 14.3. The summed E-state index contributed by atoms with van der Waals surface area (Å²) in [5, 5.41) is 0. The van der Waals surface area contributed by atoms with Gasteiger partial charge in [-0.05, 0) is 23.5 Å². The first-order valence-electron chi connectivity index (χ1n) is 7.01. The molecule has 1 rings (SSSR count). The van der Waals surface area contributed by atoms with Crippen molar-refractivity contribution >= 4 is 12.0 Å². The van der Waals surface area contributed by atoms with Crippen LogP contribution in [0.2, 0.25) is 0 Å². The molecule has 0 saturated carbocycles. The molecule has 1 amide bonds. The predicted molar refractivity (Wildman–Crippen MR) is 81.7 cm³/mol. The number of hydrogen-bond acceptors (Lipinski definition) is 1. The monoisotopic (exact) mass is 259 g/mol. The summed E-state index contributed by atoms with van der Waals surface area (Å²) in [4.78, 5) is 14.2. The van der Waals surface area contributed by atoms with E-state index < -0.39 is 0 Å². The minimum absolute atomic E-state index is 0.103. The van der Waals surface area contributed by atoms with Gasteiger partial charge in [-0.25, -0.2) is 0 Å². The van der Waals surface area contributed by atoms with Crippen molar-refractivity contribution in [2.75, 3.05) is 13.1 Å². The first-order valence-corrected chi connectivity index (χ1v) is 7.01. The van der Waals surface area contributed by atoms with Crippen molar-refractivity contribution in [1.82, 2.24) is 4.90 Å². The fraction of sp³-hybridized carbons (Fsp3) is 0.471. The van der Waals surface area contributed by atoms with Gasteiger partial charge in [-0.15, -0.1) is 0 Å². The van der Waals surface area contributed by atoms with Gasteiger partial charge in [0.1, 0.15) is 0 Å². The number of hydrogen-bond donors (Lipinski definition) is 0. The van der Waals surface area contributed by atoms with Gasteiger partial charge >= 0.3 is 0 Å². The molecule has 2 nitrogen and oxygen atoms in total. The standard InChI is InChI=1S/C17H25NO/c1-14(2)12-18(13-15(3)4)17(19)11-10-16-8-6-5-7-9-16/h5-11,14-15H,12-13H2,1-4H3/b11-10+. The number of nitrogens with zero attached hydrogens (tertiary/aromatic N) is 1. The maximum atomic E-state index is 12.2. The highest BCUT2D eigenvalue weighted by molar-refractivity contribution is 5.91. The van der Waals surface area contributed by atoms with E-state index in [1.165, 1.54) is 0 Å². The molecule has 0 spiro atoms. The lowest BCUT2D eigenvalue weighted by Gasteiger charge is -2.25. The van der Waals surface area contributed by atoms with E-state index >= 15 is 0 Å². The van der Waals surface area contributed by atoms with Crippen LogP contribution < -0.4 is 0 Å². The van der Waals surface area contributed by atoms with Gasteiger partial charge < -0.3 is 4.90 Å². The second-order valence-electron chi connectivity index (χ2n) is 5.77. The van der Waals surface area contributed by atoms with Crippen molar-refractivity contribution in [3.05, 3.63) is 42.0 Å². The molecule has 0 atom stereocenters. The smallest absolute Gasteiger partial charge is 0.246 e. The van der Waals surface area contributed by atoms with Gasteiger partial charge in [-0.2, -0.15) is 0 Å². The highest BCUT2D eigenvalue weighted by atomic mass is 16.2. The van der Waals surface area contributed by atoms with Crippen LogP contribution in [0, 0.1) is 11.8 Å². The topological polar surface area (TPSA) is 20.3 Å². The Morgan fingerprint density at radius 2 is 1.58 bits per heavy atom. The number of amides is 1. The van der Waals surface area contributed by atoms with Crippen LogP contribution in [-0.2, 0) is 4.79 Å². The van der Waals surface area contributed by atoms with Crippen molar-refractivity contribution < 1.29 is 4.79 Å². The molecule has 0 bridgehead atoms. The van der Waals surface area contributed by atoms with Crippen molar-refractivity contribution in [1.29, 1.82) is 0 Å². The van der Waals surface area contributed by atoms with Crippen molar-refractivity contribution in [3.8, 4) is 0 Å². The summed E-state index contributed by atoms with van der Waals surface area (Å²) >= 11 is 0. The summed E-state index contributed by atoms with van der Waals surface area (Å²) in [6, 6.07) is 9.93. The van der Waals surface area contributed by atoms with Crippen LogP contribution in [0.1, 0.15) is 33.3 Å². The zero-order valence-electron chi connectivity index (χ0n) is 12.5. The fourth-order valence-electron chi connectivity index (χ4n) is 1.97. The second-order valence-corrected chi connectivity index (χ2v) is 5.77. The normalized spacial score (nSPS) is 11.5. The third-order valence-corrected chi connectivity index (χ3v) is 2.70. The van der Waals surface area contributed by atoms with Crippen LogP contribution in [0.4, 0.5) is 0 Å². The van der Waals surface area contributed by atoms with Crippen molar-refractivity contribution in [2.45, 2.75) is 27.7 Å². The van der Waals surface area contributed by atoms with E-state index in [9.17, 15) is 4.79 Å². The molecular formula is C17H25NO. The fourth-order valence-corrected chi connectivity index (χ4v) is 1.97. The molecular weight excluding hydrogens is 234 g/mol. The van der Waals surface area contributed by atoms with Gasteiger partial charge in [0.2, 0.25) is 5.91 Å². The number of benzene rings is 1. The van der Waals surface area contributed by atoms with Gasteiger partial charge in [-0.3, -0.25) is 4.79 Å². The molecule has 0 N–H and O–H groups in total. The molecule has 0 aliphatic rings. The molecule has 0 saturated heterocycles. The van der Waals surface area contributed by atoms with Crippen LogP contribution >= 0.6 is 0 Å². The molecule has 0 aliphatic heterocycles. The quantitative estimate of drug-likeness (QED) is 0.711. The number of rotatable bonds is 6. The van der Waals surface area contributed by atoms with Crippen LogP contribution in [0.15, 0.2) is 36.4 Å². The molecule has 0 heterocycles. The molecule has 1 aromatic rings. The Labute approximate surface area is 117 Å². The van der Waals surface area contributed by atoms with Crippen molar-refractivity contribution in [2.24, 2.45) is 11.8 Å². The van der Waals surface area contributed by atoms with Gasteiger partial charge in [0.05, 0.1) is 0 Å². The largest absolute Gasteiger partial charge is 0.339 e. The first kappa shape index (κ1) is 15.5. The first-order chi connectivity index (χ1) is 8.99. The number of carbonyl (C=O) groups excluding carboxylic acids is 1. The Bertz CT molecular complexity index is 397. The summed E-state index contributed by atoms with van der Waals surface area (Å²) in [6.45, 7) is 10.2. The van der Waals surface area contributed by atoms with E-state index in [-0.39, 0.29) is 5.91 Å². The highest BCUT2D eigenvalue weighted by Crippen LogP contribution is 2.07. The highest BCUT2D eigenvalue weighted by Gasteiger charge is 2.13. The molecule has 2 heteroatoms. The van der Waals surface area contributed by atoms with Crippen LogP contribution in [0.25, 0.3) is 6.08 Å². The lowest BCUT2D eigenvalue weighted by Crippen LogP contribution is -2.35. The van der Waals surface area contributed by atoms with E-state index in [1.807, 2.05) is 41.3 Å². The minimum Gasteiger partial charge on any atom is -0.339 e. The summed E-state index contributed by atoms with van der Waals surface area (Å²) in [5.41, 5.74) is 1.06. The zero-order valence-corrected chi connectivity index (χ0v) is 12.5. The second kappa shape index (κ2) is 7.78. The van der Waals surface area contributed by atoms with E-state index in [0.29, 0.717) is 11.8 Å². The summed E-state index contributed by atoms with van der Waals surface area (Å²) < 4.78 is 0. The number of carbonyl (C=O) groups is 1. The van der Waals surface area contributed by atoms with Gasteiger partial charge in [0, 0.05) is 19.2 Å².